The van der Waals surface area contributed by atoms with E-state index in [0.29, 0.717) is 22.3 Å². The van der Waals surface area contributed by atoms with Crippen molar-refractivity contribution in [1.29, 1.82) is 0 Å². The van der Waals surface area contributed by atoms with Crippen LogP contribution in [-0.4, -0.2) is 40.9 Å². The Morgan fingerprint density at radius 3 is 2.93 bits per heavy atom. The Morgan fingerprint density at radius 2 is 2.15 bits per heavy atom. The van der Waals surface area contributed by atoms with Gasteiger partial charge in [0.2, 0.25) is 5.95 Å². The quantitative estimate of drug-likeness (QED) is 0.540. The molecular weight excluding hydrogens is 346 g/mol. The fraction of sp³-hybridized carbons (Fsp3) is 0.211. The highest BCUT2D eigenvalue weighted by atomic mass is 16.4. The predicted molar refractivity (Wildman–Crippen MR) is 101 cm³/mol. The smallest absolute Gasteiger partial charge is 0.338 e. The second-order valence-electron chi connectivity index (χ2n) is 6.48. The monoisotopic (exact) mass is 363 g/mol. The number of H-pyrrole nitrogens is 1. The second-order valence-corrected chi connectivity index (χ2v) is 6.48. The van der Waals surface area contributed by atoms with Crippen LogP contribution in [0.3, 0.4) is 0 Å². The van der Waals surface area contributed by atoms with Crippen LogP contribution in [-0.2, 0) is 6.42 Å². The van der Waals surface area contributed by atoms with Crippen molar-refractivity contribution in [2.45, 2.75) is 12.8 Å². The summed E-state index contributed by atoms with van der Waals surface area (Å²) >= 11 is 0. The summed E-state index contributed by atoms with van der Waals surface area (Å²) in [7, 11) is 1.95. The number of anilines is 1. The zero-order valence-corrected chi connectivity index (χ0v) is 14.6. The molecule has 1 aliphatic heterocycles. The Kier molecular flexibility index (Phi) is 4.15. The largest absolute Gasteiger partial charge is 0.478 e. The number of hydrogen-bond donors (Lipinski definition) is 2. The molecule has 0 fully saturated rings. The number of nitrogens with zero attached hydrogens (tertiary/aromatic N) is 4. The summed E-state index contributed by atoms with van der Waals surface area (Å²) in [4.78, 5) is 31.8. The zero-order chi connectivity index (χ0) is 19.0. The van der Waals surface area contributed by atoms with E-state index in [0.717, 1.165) is 36.9 Å². The Morgan fingerprint density at radius 1 is 1.30 bits per heavy atom. The van der Waals surface area contributed by atoms with Crippen LogP contribution < -0.4 is 4.90 Å². The average Bonchev–Trinajstić information content (AvgIpc) is 3.07. The van der Waals surface area contributed by atoms with Gasteiger partial charge < -0.3 is 15.0 Å². The van der Waals surface area contributed by atoms with Crippen molar-refractivity contribution >= 4 is 40.6 Å². The first-order valence-corrected chi connectivity index (χ1v) is 8.53. The first-order chi connectivity index (χ1) is 13.0. The highest BCUT2D eigenvalue weighted by Gasteiger charge is 2.20. The van der Waals surface area contributed by atoms with Crippen LogP contribution >= 0.6 is 0 Å². The zero-order valence-electron chi connectivity index (χ0n) is 14.6. The molecule has 136 valence electrons. The number of aryl methyl sites for hydroxylation is 1. The summed E-state index contributed by atoms with van der Waals surface area (Å²) in [5.41, 5.74) is 4.22. The van der Waals surface area contributed by atoms with Gasteiger partial charge in [-0.3, -0.25) is 4.79 Å². The molecule has 1 aliphatic rings. The van der Waals surface area contributed by atoms with E-state index in [2.05, 4.69) is 25.1 Å². The van der Waals surface area contributed by atoms with Gasteiger partial charge >= 0.3 is 5.97 Å². The molecule has 0 bridgehead atoms. The molecule has 4 rings (SSSR count). The third kappa shape index (κ3) is 3.17. The number of benzene rings is 2. The number of rotatable bonds is 4. The van der Waals surface area contributed by atoms with E-state index in [9.17, 15) is 14.7 Å². The van der Waals surface area contributed by atoms with E-state index < -0.39 is 5.97 Å². The maximum Gasteiger partial charge on any atom is 0.338 e. The first kappa shape index (κ1) is 16.9. The van der Waals surface area contributed by atoms with Crippen LogP contribution in [0.15, 0.2) is 40.6 Å². The highest BCUT2D eigenvalue weighted by Crippen LogP contribution is 2.34. The molecule has 3 aromatic rings. The number of aromatic carboxylic acids is 1. The van der Waals surface area contributed by atoms with Gasteiger partial charge in [-0.15, -0.1) is 10.2 Å². The fourth-order valence-electron chi connectivity index (χ4n) is 3.29. The molecule has 1 aromatic heterocycles. The summed E-state index contributed by atoms with van der Waals surface area (Å²) in [6.07, 6.45) is 2.64. The molecule has 27 heavy (non-hydrogen) atoms. The molecule has 0 amide bonds. The van der Waals surface area contributed by atoms with E-state index in [4.69, 9.17) is 0 Å². The third-order valence-electron chi connectivity index (χ3n) is 4.66. The minimum absolute atomic E-state index is 0.102. The first-order valence-electron chi connectivity index (χ1n) is 8.53. The van der Waals surface area contributed by atoms with E-state index in [1.807, 2.05) is 7.05 Å². The Labute approximate surface area is 154 Å². The number of fused-ring (bicyclic) bond motifs is 2. The number of carbonyl (C=O) groups is 2. The van der Waals surface area contributed by atoms with Crippen LogP contribution in [0.4, 0.5) is 17.3 Å². The van der Waals surface area contributed by atoms with Crippen molar-refractivity contribution in [3.05, 3.63) is 47.0 Å². The molecule has 2 heterocycles. The van der Waals surface area contributed by atoms with Crippen LogP contribution in [0.1, 0.15) is 32.7 Å². The number of azo groups is 1. The summed E-state index contributed by atoms with van der Waals surface area (Å²) in [5.74, 6) is -0.801. The molecule has 0 saturated heterocycles. The number of imidazole rings is 1. The van der Waals surface area contributed by atoms with Crippen molar-refractivity contribution in [3.8, 4) is 0 Å². The lowest BCUT2D eigenvalue weighted by molar-refractivity contribution is 0.0697. The summed E-state index contributed by atoms with van der Waals surface area (Å²) in [5, 5.41) is 17.8. The Hall–Kier alpha value is -3.55. The predicted octanol–water partition coefficient (Wildman–Crippen LogP) is 3.87. The van der Waals surface area contributed by atoms with Gasteiger partial charge in [0.1, 0.15) is 12.0 Å². The van der Waals surface area contributed by atoms with E-state index >= 15 is 0 Å². The number of nitrogens with one attached hydrogen (secondary N) is 1. The van der Waals surface area contributed by atoms with Crippen molar-refractivity contribution in [1.82, 2.24) is 9.97 Å². The molecular formula is C19H17N5O3. The van der Waals surface area contributed by atoms with Crippen molar-refractivity contribution in [3.63, 3.8) is 0 Å². The van der Waals surface area contributed by atoms with Crippen LogP contribution in [0.2, 0.25) is 0 Å². The van der Waals surface area contributed by atoms with Gasteiger partial charge in [0.05, 0.1) is 16.6 Å². The van der Waals surface area contributed by atoms with Gasteiger partial charge in [-0.2, -0.15) is 0 Å². The molecule has 2 aromatic carbocycles. The van der Waals surface area contributed by atoms with Crippen LogP contribution in [0.5, 0.6) is 0 Å². The lowest BCUT2D eigenvalue weighted by Crippen LogP contribution is -2.25. The van der Waals surface area contributed by atoms with Crippen LogP contribution in [0.25, 0.3) is 11.0 Å². The third-order valence-corrected chi connectivity index (χ3v) is 4.66. The summed E-state index contributed by atoms with van der Waals surface area (Å²) in [6, 6.07) is 8.49. The number of aromatic amines is 1. The average molecular weight is 363 g/mol. The fourth-order valence-corrected chi connectivity index (χ4v) is 3.29. The maximum absolute atomic E-state index is 11.7. The van der Waals surface area contributed by atoms with Gasteiger partial charge in [-0.1, -0.05) is 0 Å². The molecule has 8 nitrogen and oxygen atoms in total. The maximum atomic E-state index is 11.7. The molecule has 0 radical (unpaired) electrons. The second kappa shape index (κ2) is 6.64. The topological polar surface area (TPSA) is 111 Å². The number of carboxylic acid groups (broad SMARTS) is 1. The molecule has 0 spiro atoms. The van der Waals surface area contributed by atoms with Gasteiger partial charge in [0.25, 0.3) is 0 Å². The number of aldehydes is 1. The highest BCUT2D eigenvalue weighted by molar-refractivity contribution is 5.95. The Bertz CT molecular complexity index is 1090. The van der Waals surface area contributed by atoms with Crippen molar-refractivity contribution in [2.24, 2.45) is 10.2 Å². The lowest BCUT2D eigenvalue weighted by Gasteiger charge is -2.28. The van der Waals surface area contributed by atoms with E-state index in [1.54, 1.807) is 30.3 Å². The van der Waals surface area contributed by atoms with Crippen LogP contribution in [0, 0.1) is 0 Å². The summed E-state index contributed by atoms with van der Waals surface area (Å²) < 4.78 is 0. The number of carboxylic acids is 1. The van der Waals surface area contributed by atoms with Gasteiger partial charge in [-0.25, -0.2) is 9.78 Å². The number of carbonyl (C=O) groups excluding carboxylic acids is 1. The normalized spacial score (nSPS) is 13.9. The number of hydrogen-bond acceptors (Lipinski definition) is 6. The van der Waals surface area contributed by atoms with Crippen molar-refractivity contribution < 1.29 is 14.7 Å². The standard InChI is InChI=1S/C19H17N5O3/c1-24-6-2-3-12-8-15(13(18(26)27)9-17(12)24)22-23-19-20-14-5-4-11(10-25)7-16(14)21-19/h4-5,7-10H,2-3,6H2,1H3,(H,20,21)(H,26,27). The molecule has 2 N–H and O–H groups in total. The molecule has 0 aliphatic carbocycles. The minimum atomic E-state index is -1.05. The lowest BCUT2D eigenvalue weighted by atomic mass is 9.98. The van der Waals surface area contributed by atoms with E-state index in [1.165, 1.54) is 0 Å². The Balaban J connectivity index is 1.73. The van der Waals surface area contributed by atoms with Crippen molar-refractivity contribution in [2.75, 3.05) is 18.5 Å². The SMILES string of the molecule is CN1CCCc2cc(N=Nc3nc4ccc(C=O)cc4[nH]3)c(C(=O)O)cc21. The summed E-state index contributed by atoms with van der Waals surface area (Å²) in [6.45, 7) is 0.898. The van der Waals surface area contributed by atoms with Gasteiger partial charge in [0.15, 0.2) is 0 Å². The van der Waals surface area contributed by atoms with E-state index in [-0.39, 0.29) is 11.5 Å². The van der Waals surface area contributed by atoms with Gasteiger partial charge in [-0.05, 0) is 48.7 Å². The molecule has 0 atom stereocenters. The van der Waals surface area contributed by atoms with Gasteiger partial charge in [0, 0.05) is 24.8 Å². The molecule has 0 saturated carbocycles. The molecule has 0 unspecified atom stereocenters. The minimum Gasteiger partial charge on any atom is -0.478 e. The molecule has 8 heteroatoms. The number of aromatic nitrogens is 2.